The van der Waals surface area contributed by atoms with Crippen LogP contribution in [-0.4, -0.2) is 4.98 Å². The van der Waals surface area contributed by atoms with Crippen molar-refractivity contribution in [3.05, 3.63) is 41.1 Å². The molecule has 0 aliphatic rings. The van der Waals surface area contributed by atoms with Crippen LogP contribution >= 0.6 is 15.9 Å². The Bertz CT molecular complexity index is 477. The Kier molecular flexibility index (Phi) is 2.55. The number of hydrogen-bond donors (Lipinski definition) is 0. The number of fused-ring (bicyclic) bond motifs is 1. The Hall–Kier alpha value is -0.890. The number of aryl methyl sites for hydroxylation is 2. The van der Waals surface area contributed by atoms with Gasteiger partial charge in [0.25, 0.3) is 0 Å². The average Bonchev–Trinajstić information content (AvgIpc) is 2.19. The number of aromatic nitrogens is 1. The van der Waals surface area contributed by atoms with Crippen LogP contribution in [0.1, 0.15) is 16.8 Å². The number of alkyl halides is 1. The molecule has 0 saturated carbocycles. The minimum atomic E-state index is 0.886. The molecule has 0 amide bonds. The number of rotatable bonds is 1. The van der Waals surface area contributed by atoms with Crippen molar-refractivity contribution in [1.82, 2.24) is 4.98 Å². The van der Waals surface area contributed by atoms with E-state index in [1.54, 1.807) is 0 Å². The molecule has 2 aromatic rings. The van der Waals surface area contributed by atoms with Crippen molar-refractivity contribution in [1.29, 1.82) is 0 Å². The summed E-state index contributed by atoms with van der Waals surface area (Å²) in [5.41, 5.74) is 4.73. The molecule has 0 spiro atoms. The first-order valence-electron chi connectivity index (χ1n) is 4.63. The number of nitrogens with zero attached hydrogens (tertiary/aromatic N) is 1. The van der Waals surface area contributed by atoms with Gasteiger partial charge in [0.05, 0.1) is 5.52 Å². The molecule has 1 nitrogen and oxygen atoms in total. The standard InChI is InChI=1S/C12H12BrN/c1-8-5-11-4-3-10(7-13)6-12(11)14-9(8)2/h3-6H,7H2,1-2H3. The van der Waals surface area contributed by atoms with E-state index in [9.17, 15) is 0 Å². The number of halogens is 1. The quantitative estimate of drug-likeness (QED) is 0.702. The van der Waals surface area contributed by atoms with Crippen molar-refractivity contribution in [2.45, 2.75) is 19.2 Å². The van der Waals surface area contributed by atoms with E-state index in [4.69, 9.17) is 0 Å². The number of hydrogen-bond acceptors (Lipinski definition) is 1. The van der Waals surface area contributed by atoms with Gasteiger partial charge in [0, 0.05) is 16.4 Å². The SMILES string of the molecule is Cc1cc2ccc(CBr)cc2nc1C. The predicted octanol–water partition coefficient (Wildman–Crippen LogP) is 3.75. The lowest BCUT2D eigenvalue weighted by Crippen LogP contribution is -1.89. The molecule has 72 valence electrons. The highest BCUT2D eigenvalue weighted by Crippen LogP contribution is 2.18. The van der Waals surface area contributed by atoms with Crippen molar-refractivity contribution >= 4 is 26.8 Å². The van der Waals surface area contributed by atoms with Crippen molar-refractivity contribution in [2.75, 3.05) is 0 Å². The molecular formula is C12H12BrN. The summed E-state index contributed by atoms with van der Waals surface area (Å²) in [6.45, 7) is 4.15. The smallest absolute Gasteiger partial charge is 0.0708 e. The molecule has 0 aliphatic heterocycles. The first kappa shape index (κ1) is 9.66. The van der Waals surface area contributed by atoms with E-state index in [2.05, 4.69) is 59.0 Å². The molecule has 1 heterocycles. The molecule has 0 N–H and O–H groups in total. The molecule has 0 aliphatic carbocycles. The summed E-state index contributed by atoms with van der Waals surface area (Å²) in [5.74, 6) is 0. The highest BCUT2D eigenvalue weighted by molar-refractivity contribution is 9.08. The third-order valence-electron chi connectivity index (χ3n) is 2.48. The minimum Gasteiger partial charge on any atom is -0.253 e. The summed E-state index contributed by atoms with van der Waals surface area (Å²) < 4.78 is 0. The molecule has 0 unspecified atom stereocenters. The molecular weight excluding hydrogens is 238 g/mol. The molecule has 0 saturated heterocycles. The van der Waals surface area contributed by atoms with Crippen molar-refractivity contribution in [2.24, 2.45) is 0 Å². The van der Waals surface area contributed by atoms with Gasteiger partial charge < -0.3 is 0 Å². The average molecular weight is 250 g/mol. The van der Waals surface area contributed by atoms with Crippen molar-refractivity contribution in [3.63, 3.8) is 0 Å². The summed E-state index contributed by atoms with van der Waals surface area (Å²) in [5, 5.41) is 2.11. The van der Waals surface area contributed by atoms with E-state index in [1.807, 2.05) is 0 Å². The maximum absolute atomic E-state index is 4.56. The summed E-state index contributed by atoms with van der Waals surface area (Å²) >= 11 is 3.45. The first-order chi connectivity index (χ1) is 6.70. The van der Waals surface area contributed by atoms with Crippen LogP contribution in [0.3, 0.4) is 0 Å². The van der Waals surface area contributed by atoms with Crippen LogP contribution in [0.15, 0.2) is 24.3 Å². The molecule has 0 bridgehead atoms. The van der Waals surface area contributed by atoms with Gasteiger partial charge in [-0.05, 0) is 37.1 Å². The Morgan fingerprint density at radius 1 is 1.21 bits per heavy atom. The molecule has 14 heavy (non-hydrogen) atoms. The fourth-order valence-corrected chi connectivity index (χ4v) is 1.85. The zero-order valence-electron chi connectivity index (χ0n) is 8.34. The Morgan fingerprint density at radius 3 is 2.71 bits per heavy atom. The van der Waals surface area contributed by atoms with Crippen LogP contribution in [0.2, 0.25) is 0 Å². The van der Waals surface area contributed by atoms with Gasteiger partial charge in [0.2, 0.25) is 0 Å². The highest BCUT2D eigenvalue weighted by Gasteiger charge is 2.00. The topological polar surface area (TPSA) is 12.9 Å². The molecule has 1 aromatic heterocycles. The second-order valence-electron chi connectivity index (χ2n) is 3.55. The molecule has 1 aromatic carbocycles. The van der Waals surface area contributed by atoms with Gasteiger partial charge in [-0.25, -0.2) is 0 Å². The first-order valence-corrected chi connectivity index (χ1v) is 5.75. The van der Waals surface area contributed by atoms with Gasteiger partial charge in [-0.3, -0.25) is 4.98 Å². The predicted molar refractivity (Wildman–Crippen MR) is 63.8 cm³/mol. The summed E-state index contributed by atoms with van der Waals surface area (Å²) in [6.07, 6.45) is 0. The maximum atomic E-state index is 4.56. The van der Waals surface area contributed by atoms with Gasteiger partial charge in [0.1, 0.15) is 0 Å². The number of benzene rings is 1. The zero-order valence-corrected chi connectivity index (χ0v) is 9.93. The summed E-state index contributed by atoms with van der Waals surface area (Å²) in [6, 6.07) is 8.59. The third kappa shape index (κ3) is 1.67. The van der Waals surface area contributed by atoms with Crippen LogP contribution in [0.4, 0.5) is 0 Å². The fourth-order valence-electron chi connectivity index (χ4n) is 1.50. The summed E-state index contributed by atoms with van der Waals surface area (Å²) in [7, 11) is 0. The van der Waals surface area contributed by atoms with E-state index in [1.165, 1.54) is 16.5 Å². The summed E-state index contributed by atoms with van der Waals surface area (Å²) in [4.78, 5) is 4.56. The van der Waals surface area contributed by atoms with Crippen LogP contribution in [-0.2, 0) is 5.33 Å². The lowest BCUT2D eigenvalue weighted by Gasteiger charge is -2.04. The van der Waals surface area contributed by atoms with Gasteiger partial charge in [-0.1, -0.05) is 28.1 Å². The van der Waals surface area contributed by atoms with Gasteiger partial charge >= 0.3 is 0 Å². The fraction of sp³-hybridized carbons (Fsp3) is 0.250. The molecule has 0 radical (unpaired) electrons. The van der Waals surface area contributed by atoms with Crippen LogP contribution in [0.25, 0.3) is 10.9 Å². The molecule has 0 atom stereocenters. The monoisotopic (exact) mass is 249 g/mol. The van der Waals surface area contributed by atoms with E-state index < -0.39 is 0 Å². The van der Waals surface area contributed by atoms with Crippen LogP contribution in [0.5, 0.6) is 0 Å². The second kappa shape index (κ2) is 3.70. The van der Waals surface area contributed by atoms with Gasteiger partial charge in [-0.2, -0.15) is 0 Å². The van der Waals surface area contributed by atoms with Crippen molar-refractivity contribution in [3.8, 4) is 0 Å². The Balaban J connectivity index is 2.70. The highest BCUT2D eigenvalue weighted by atomic mass is 79.9. The maximum Gasteiger partial charge on any atom is 0.0708 e. The van der Waals surface area contributed by atoms with E-state index in [-0.39, 0.29) is 0 Å². The van der Waals surface area contributed by atoms with E-state index in [0.29, 0.717) is 0 Å². The zero-order chi connectivity index (χ0) is 10.1. The van der Waals surface area contributed by atoms with E-state index in [0.717, 1.165) is 16.5 Å². The van der Waals surface area contributed by atoms with E-state index >= 15 is 0 Å². The van der Waals surface area contributed by atoms with Gasteiger partial charge in [0.15, 0.2) is 0 Å². The van der Waals surface area contributed by atoms with Crippen LogP contribution < -0.4 is 0 Å². The molecule has 0 fully saturated rings. The number of pyridine rings is 1. The molecule has 2 heteroatoms. The Morgan fingerprint density at radius 2 is 2.00 bits per heavy atom. The molecule has 2 rings (SSSR count). The Labute approximate surface area is 92.3 Å². The van der Waals surface area contributed by atoms with Crippen LogP contribution in [0, 0.1) is 13.8 Å². The lowest BCUT2D eigenvalue weighted by molar-refractivity contribution is 1.19. The normalized spacial score (nSPS) is 10.8. The van der Waals surface area contributed by atoms with Crippen molar-refractivity contribution < 1.29 is 0 Å². The largest absolute Gasteiger partial charge is 0.253 e. The lowest BCUT2D eigenvalue weighted by atomic mass is 10.1. The minimum absolute atomic E-state index is 0.886. The second-order valence-corrected chi connectivity index (χ2v) is 4.11. The van der Waals surface area contributed by atoms with Gasteiger partial charge in [-0.15, -0.1) is 0 Å². The third-order valence-corrected chi connectivity index (χ3v) is 3.13.